The molecule has 0 aliphatic heterocycles. The van der Waals surface area contributed by atoms with Gasteiger partial charge in [-0.1, -0.05) is 188 Å². The van der Waals surface area contributed by atoms with Crippen LogP contribution in [0.15, 0.2) is 241 Å². The predicted molar refractivity (Wildman–Crippen MR) is 283 cm³/mol. The first kappa shape index (κ1) is 38.8. The van der Waals surface area contributed by atoms with E-state index < -0.39 is 0 Å². The van der Waals surface area contributed by atoms with E-state index in [4.69, 9.17) is 19.4 Å². The van der Waals surface area contributed by atoms with Crippen molar-refractivity contribution in [3.63, 3.8) is 0 Å². The number of hydrogen-bond acceptors (Lipinski definition) is 4. The molecule has 14 aromatic rings. The Balaban J connectivity index is 1.08. The Kier molecular flexibility index (Phi) is 8.79. The summed E-state index contributed by atoms with van der Waals surface area (Å²) in [7, 11) is 0. The van der Waals surface area contributed by atoms with Crippen LogP contribution in [0.4, 0.5) is 0 Å². The molecule has 0 amide bonds. The minimum atomic E-state index is 0.530. The van der Waals surface area contributed by atoms with Crippen molar-refractivity contribution in [1.29, 1.82) is 0 Å². The topological polar surface area (TPSA) is 61.7 Å². The minimum Gasteiger partial charge on any atom is -0.455 e. The van der Waals surface area contributed by atoms with E-state index in [2.05, 4.69) is 203 Å². The summed E-state index contributed by atoms with van der Waals surface area (Å²) in [5.41, 5.74) is 15.3. The average molecular weight is 882 g/mol. The van der Waals surface area contributed by atoms with Gasteiger partial charge in [0, 0.05) is 43.7 Å². The van der Waals surface area contributed by atoms with E-state index in [-0.39, 0.29) is 0 Å². The molecule has 10 aromatic carbocycles. The highest BCUT2D eigenvalue weighted by Gasteiger charge is 2.27. The number of para-hydroxylation sites is 4. The highest BCUT2D eigenvalue weighted by Crippen LogP contribution is 2.48. The van der Waals surface area contributed by atoms with Crippen molar-refractivity contribution in [3.05, 3.63) is 237 Å². The quantitative estimate of drug-likeness (QED) is 0.160. The van der Waals surface area contributed by atoms with Gasteiger partial charge in [0.1, 0.15) is 11.2 Å². The van der Waals surface area contributed by atoms with Crippen molar-refractivity contribution in [3.8, 4) is 67.8 Å². The van der Waals surface area contributed by atoms with E-state index in [1.165, 1.54) is 21.9 Å². The van der Waals surface area contributed by atoms with Crippen molar-refractivity contribution in [2.24, 2.45) is 0 Å². The first-order chi connectivity index (χ1) is 34.2. The molecule has 0 atom stereocenters. The Bertz CT molecular complexity index is 4270. The lowest BCUT2D eigenvalue weighted by Crippen LogP contribution is -2.02. The number of rotatable bonds is 7. The van der Waals surface area contributed by atoms with Gasteiger partial charge in [0.2, 0.25) is 0 Å². The second-order valence-electron chi connectivity index (χ2n) is 17.5. The van der Waals surface area contributed by atoms with Gasteiger partial charge in [0.05, 0.1) is 38.7 Å². The van der Waals surface area contributed by atoms with Crippen LogP contribution in [0.1, 0.15) is 0 Å². The molecule has 4 aromatic heterocycles. The SMILES string of the molecule is c1ccc(-c2ccc(-c3nc(-c4ccccc4)nc(-c4ccc(-n5c6ccccc6c6cc(-c7ccccc7)c7c8ccccc8n(-c8ccccc8)c7c65)c5c4oc4ccccc45)n3)cc2)cc1. The third-order valence-electron chi connectivity index (χ3n) is 13.6. The number of benzene rings is 10. The fraction of sp³-hybridized carbons (Fsp3) is 0. The molecule has 0 unspecified atom stereocenters. The molecular formula is C63H39N5O. The van der Waals surface area contributed by atoms with Crippen LogP contribution in [0.5, 0.6) is 0 Å². The van der Waals surface area contributed by atoms with Crippen LogP contribution in [0, 0.1) is 0 Å². The Morgan fingerprint density at radius 1 is 0.319 bits per heavy atom. The molecule has 6 nitrogen and oxygen atoms in total. The zero-order chi connectivity index (χ0) is 45.4. The van der Waals surface area contributed by atoms with E-state index >= 15 is 0 Å². The Morgan fingerprint density at radius 3 is 1.52 bits per heavy atom. The van der Waals surface area contributed by atoms with Crippen LogP contribution in [0.2, 0.25) is 0 Å². The largest absolute Gasteiger partial charge is 0.455 e. The third-order valence-corrected chi connectivity index (χ3v) is 13.6. The maximum Gasteiger partial charge on any atom is 0.167 e. The molecule has 0 saturated carbocycles. The summed E-state index contributed by atoms with van der Waals surface area (Å²) in [4.78, 5) is 15.6. The molecule has 0 aliphatic carbocycles. The number of hydrogen-bond donors (Lipinski definition) is 0. The van der Waals surface area contributed by atoms with Crippen molar-refractivity contribution in [1.82, 2.24) is 24.1 Å². The van der Waals surface area contributed by atoms with Crippen LogP contribution in [0.25, 0.3) is 133 Å². The van der Waals surface area contributed by atoms with Crippen LogP contribution in [-0.2, 0) is 0 Å². The summed E-state index contributed by atoms with van der Waals surface area (Å²) in [6.07, 6.45) is 0. The number of nitrogens with zero attached hydrogens (tertiary/aromatic N) is 5. The van der Waals surface area contributed by atoms with Crippen LogP contribution >= 0.6 is 0 Å². The molecule has 14 rings (SSSR count). The standard InChI is InChI=1S/C63H39N5O/c1-5-19-40(20-6-1)41-33-35-44(36-34-41)62-64-61(43-23-9-3-10-24-43)65-63(66-62)49-37-38-54(57-48-29-15-18-32-55(48)69-60(49)57)68-52-30-16-13-27-46(52)51-39-50(42-21-7-2-8-22-42)56-47-28-14-17-31-53(47)67(59(56)58(51)68)45-25-11-4-12-26-45/h1-39H. The van der Waals surface area contributed by atoms with Gasteiger partial charge in [-0.15, -0.1) is 0 Å². The molecule has 0 aliphatic rings. The van der Waals surface area contributed by atoms with Gasteiger partial charge in [-0.3, -0.25) is 0 Å². The monoisotopic (exact) mass is 881 g/mol. The molecule has 0 radical (unpaired) electrons. The summed E-state index contributed by atoms with van der Waals surface area (Å²) in [5, 5.41) is 6.70. The summed E-state index contributed by atoms with van der Waals surface area (Å²) in [6, 6.07) is 83.3. The van der Waals surface area contributed by atoms with Crippen LogP contribution in [-0.4, -0.2) is 24.1 Å². The molecule has 4 heterocycles. The van der Waals surface area contributed by atoms with Gasteiger partial charge in [0.15, 0.2) is 17.5 Å². The highest BCUT2D eigenvalue weighted by molar-refractivity contribution is 6.29. The lowest BCUT2D eigenvalue weighted by molar-refractivity contribution is 0.669. The van der Waals surface area contributed by atoms with Gasteiger partial charge in [-0.05, 0) is 70.8 Å². The minimum absolute atomic E-state index is 0.530. The fourth-order valence-corrected chi connectivity index (χ4v) is 10.5. The molecule has 0 spiro atoms. The highest BCUT2D eigenvalue weighted by atomic mass is 16.3. The predicted octanol–water partition coefficient (Wildman–Crippen LogP) is 16.3. The first-order valence-corrected chi connectivity index (χ1v) is 23.3. The molecule has 69 heavy (non-hydrogen) atoms. The molecule has 0 bridgehead atoms. The van der Waals surface area contributed by atoms with Crippen molar-refractivity contribution < 1.29 is 4.42 Å². The second-order valence-corrected chi connectivity index (χ2v) is 17.5. The lowest BCUT2D eigenvalue weighted by Gasteiger charge is -2.16. The lowest BCUT2D eigenvalue weighted by atomic mass is 9.96. The Labute approximate surface area is 396 Å². The molecular weight excluding hydrogens is 843 g/mol. The summed E-state index contributed by atoms with van der Waals surface area (Å²) >= 11 is 0. The van der Waals surface area contributed by atoms with E-state index in [1.54, 1.807) is 0 Å². The van der Waals surface area contributed by atoms with Crippen molar-refractivity contribution in [2.45, 2.75) is 0 Å². The first-order valence-electron chi connectivity index (χ1n) is 23.3. The average Bonchev–Trinajstić information content (AvgIpc) is 4.10. The van der Waals surface area contributed by atoms with Crippen LogP contribution < -0.4 is 0 Å². The zero-order valence-corrected chi connectivity index (χ0v) is 37.2. The van der Waals surface area contributed by atoms with Gasteiger partial charge in [-0.2, -0.15) is 0 Å². The Hall–Kier alpha value is -9.39. The molecule has 6 heteroatoms. The second kappa shape index (κ2) is 15.6. The molecule has 0 N–H and O–H groups in total. The van der Waals surface area contributed by atoms with E-state index in [9.17, 15) is 0 Å². The Morgan fingerprint density at radius 2 is 0.826 bits per heavy atom. The van der Waals surface area contributed by atoms with Gasteiger partial charge < -0.3 is 13.6 Å². The molecule has 0 fully saturated rings. The van der Waals surface area contributed by atoms with Crippen molar-refractivity contribution in [2.75, 3.05) is 0 Å². The maximum absolute atomic E-state index is 7.04. The maximum atomic E-state index is 7.04. The zero-order valence-electron chi connectivity index (χ0n) is 37.2. The number of aromatic nitrogens is 5. The van der Waals surface area contributed by atoms with E-state index in [1.807, 2.05) is 42.5 Å². The van der Waals surface area contributed by atoms with E-state index in [0.717, 1.165) is 88.4 Å². The normalized spacial score (nSPS) is 11.8. The summed E-state index contributed by atoms with van der Waals surface area (Å²) < 4.78 is 12.0. The number of furan rings is 1. The smallest absolute Gasteiger partial charge is 0.167 e. The van der Waals surface area contributed by atoms with E-state index in [0.29, 0.717) is 23.1 Å². The van der Waals surface area contributed by atoms with Crippen LogP contribution in [0.3, 0.4) is 0 Å². The van der Waals surface area contributed by atoms with Gasteiger partial charge in [-0.25, -0.2) is 15.0 Å². The van der Waals surface area contributed by atoms with Gasteiger partial charge in [0.25, 0.3) is 0 Å². The van der Waals surface area contributed by atoms with Crippen molar-refractivity contribution >= 4 is 65.6 Å². The number of fused-ring (bicyclic) bond motifs is 10. The van der Waals surface area contributed by atoms with Gasteiger partial charge >= 0.3 is 0 Å². The summed E-state index contributed by atoms with van der Waals surface area (Å²) in [5.74, 6) is 1.70. The molecule has 0 saturated heterocycles. The third kappa shape index (κ3) is 6.16. The summed E-state index contributed by atoms with van der Waals surface area (Å²) in [6.45, 7) is 0. The molecule has 322 valence electrons. The fourth-order valence-electron chi connectivity index (χ4n) is 10.5.